The molecular weight excluding hydrogens is 313 g/mol. The number of ether oxygens (including phenoxy) is 1. The summed E-state index contributed by atoms with van der Waals surface area (Å²) in [7, 11) is -2.23. The van der Waals surface area contributed by atoms with Crippen molar-refractivity contribution in [3.63, 3.8) is 0 Å². The van der Waals surface area contributed by atoms with Gasteiger partial charge in [0.2, 0.25) is 0 Å². The molecule has 1 aromatic rings. The molecule has 0 saturated carbocycles. The fraction of sp³-hybridized carbons (Fsp3) is 0.500. The van der Waals surface area contributed by atoms with Crippen molar-refractivity contribution in [2.45, 2.75) is 18.9 Å². The Morgan fingerprint density at radius 3 is 2.50 bits per heavy atom. The average Bonchev–Trinajstić information content (AvgIpc) is 2.46. The number of carbonyl (C=O) groups excluding carboxylic acids is 1. The van der Waals surface area contributed by atoms with E-state index < -0.39 is 28.0 Å². The van der Waals surface area contributed by atoms with Crippen molar-refractivity contribution in [2.75, 3.05) is 31.4 Å². The predicted octanol–water partition coefficient (Wildman–Crippen LogP) is 1.56. The molecule has 0 N–H and O–H groups in total. The minimum Gasteiger partial charge on any atom is -0.465 e. The summed E-state index contributed by atoms with van der Waals surface area (Å²) in [6.07, 6.45) is 1.56. The number of halogens is 1. The number of carbonyl (C=O) groups is 1. The summed E-state index contributed by atoms with van der Waals surface area (Å²) < 4.78 is 45.8. The fourth-order valence-corrected chi connectivity index (χ4v) is 3.13. The second kappa shape index (κ2) is 6.62. The highest BCUT2D eigenvalue weighted by Crippen LogP contribution is 2.26. The zero-order chi connectivity index (χ0) is 16.3. The topological polar surface area (TPSA) is 72.9 Å². The monoisotopic (exact) mass is 331 g/mol. The van der Waals surface area contributed by atoms with E-state index in [0.717, 1.165) is 6.26 Å². The largest absolute Gasteiger partial charge is 0.465 e. The number of rotatable bonds is 4. The van der Waals surface area contributed by atoms with E-state index in [9.17, 15) is 17.6 Å². The minimum absolute atomic E-state index is 0.272. The molecule has 22 heavy (non-hydrogen) atoms. The summed E-state index contributed by atoms with van der Waals surface area (Å²) in [5, 5.41) is 0. The van der Waals surface area contributed by atoms with Crippen LogP contribution in [0.3, 0.4) is 0 Å². The van der Waals surface area contributed by atoms with Crippen molar-refractivity contribution in [1.29, 1.82) is 0 Å². The SMILES string of the molecule is COC(=O)c1ccc(F)c(N2CCC(OS(C)(=O)=O)CC2)c1. The highest BCUT2D eigenvalue weighted by molar-refractivity contribution is 7.86. The minimum atomic E-state index is -3.49. The van der Waals surface area contributed by atoms with Gasteiger partial charge >= 0.3 is 5.97 Å². The zero-order valence-corrected chi connectivity index (χ0v) is 13.2. The fourth-order valence-electron chi connectivity index (χ4n) is 2.44. The molecule has 0 amide bonds. The van der Waals surface area contributed by atoms with Gasteiger partial charge in [-0.05, 0) is 31.0 Å². The first-order valence-electron chi connectivity index (χ1n) is 6.81. The lowest BCUT2D eigenvalue weighted by molar-refractivity contribution is 0.0600. The van der Waals surface area contributed by atoms with Crippen LogP contribution in [0.15, 0.2) is 18.2 Å². The van der Waals surface area contributed by atoms with E-state index in [-0.39, 0.29) is 5.56 Å². The van der Waals surface area contributed by atoms with Crippen molar-refractivity contribution in [3.05, 3.63) is 29.6 Å². The lowest BCUT2D eigenvalue weighted by Crippen LogP contribution is -2.38. The third-order valence-corrected chi connectivity index (χ3v) is 4.08. The van der Waals surface area contributed by atoms with E-state index >= 15 is 0 Å². The molecule has 0 radical (unpaired) electrons. The van der Waals surface area contributed by atoms with Crippen LogP contribution in [0.25, 0.3) is 0 Å². The number of anilines is 1. The summed E-state index contributed by atoms with van der Waals surface area (Å²) in [5.41, 5.74) is 0.578. The second-order valence-electron chi connectivity index (χ2n) is 5.14. The van der Waals surface area contributed by atoms with E-state index in [0.29, 0.717) is 31.6 Å². The molecule has 0 aliphatic carbocycles. The molecule has 0 unspecified atom stereocenters. The van der Waals surface area contributed by atoms with Crippen LogP contribution in [0.5, 0.6) is 0 Å². The highest BCUT2D eigenvalue weighted by Gasteiger charge is 2.25. The Hall–Kier alpha value is -1.67. The summed E-state index contributed by atoms with van der Waals surface area (Å²) in [5.74, 6) is -0.966. The summed E-state index contributed by atoms with van der Waals surface area (Å²) in [4.78, 5) is 13.3. The van der Waals surface area contributed by atoms with Crippen molar-refractivity contribution in [1.82, 2.24) is 0 Å². The molecule has 1 saturated heterocycles. The molecule has 1 aliphatic heterocycles. The number of nitrogens with zero attached hydrogens (tertiary/aromatic N) is 1. The van der Waals surface area contributed by atoms with Crippen LogP contribution in [-0.2, 0) is 19.0 Å². The normalized spacial score (nSPS) is 16.6. The van der Waals surface area contributed by atoms with Gasteiger partial charge in [0.15, 0.2) is 0 Å². The van der Waals surface area contributed by atoms with Crippen molar-refractivity contribution < 1.29 is 26.5 Å². The van der Waals surface area contributed by atoms with E-state index in [1.807, 2.05) is 0 Å². The van der Waals surface area contributed by atoms with Crippen LogP contribution in [0.2, 0.25) is 0 Å². The standard InChI is InChI=1S/C14H18FNO5S/c1-20-14(17)10-3-4-12(15)13(9-10)16-7-5-11(6-8-16)21-22(2,18)19/h3-4,9,11H,5-8H2,1-2H3. The van der Waals surface area contributed by atoms with Gasteiger partial charge < -0.3 is 9.64 Å². The lowest BCUT2D eigenvalue weighted by atomic mass is 10.1. The van der Waals surface area contributed by atoms with E-state index in [2.05, 4.69) is 4.74 Å². The number of esters is 1. The van der Waals surface area contributed by atoms with Crippen molar-refractivity contribution >= 4 is 21.8 Å². The molecule has 8 heteroatoms. The Morgan fingerprint density at radius 2 is 1.95 bits per heavy atom. The van der Waals surface area contributed by atoms with Crippen molar-refractivity contribution in [2.24, 2.45) is 0 Å². The van der Waals surface area contributed by atoms with Crippen LogP contribution in [-0.4, -0.2) is 46.9 Å². The third-order valence-electron chi connectivity index (χ3n) is 3.46. The maximum Gasteiger partial charge on any atom is 0.337 e. The summed E-state index contributed by atoms with van der Waals surface area (Å²) >= 11 is 0. The zero-order valence-electron chi connectivity index (χ0n) is 12.4. The summed E-state index contributed by atoms with van der Waals surface area (Å²) in [6.45, 7) is 0.892. The van der Waals surface area contributed by atoms with Crippen molar-refractivity contribution in [3.8, 4) is 0 Å². The number of hydrogen-bond donors (Lipinski definition) is 0. The molecule has 6 nitrogen and oxygen atoms in total. The van der Waals surface area contributed by atoms with Gasteiger partial charge in [0.1, 0.15) is 5.82 Å². The molecule has 1 fully saturated rings. The first kappa shape index (κ1) is 16.7. The highest BCUT2D eigenvalue weighted by atomic mass is 32.2. The van der Waals surface area contributed by atoms with E-state index in [4.69, 9.17) is 4.18 Å². The predicted molar refractivity (Wildman–Crippen MR) is 78.9 cm³/mol. The van der Waals surface area contributed by atoms with Gasteiger partial charge in [-0.25, -0.2) is 9.18 Å². The van der Waals surface area contributed by atoms with Gasteiger partial charge in [0.05, 0.1) is 30.7 Å². The molecule has 0 bridgehead atoms. The Kier molecular flexibility index (Phi) is 5.02. The molecule has 0 atom stereocenters. The Labute approximate surface area is 128 Å². The van der Waals surface area contributed by atoms with Crippen LogP contribution in [0, 0.1) is 5.82 Å². The van der Waals surface area contributed by atoms with Gasteiger partial charge in [-0.1, -0.05) is 0 Å². The molecular formula is C14H18FNO5S. The van der Waals surface area contributed by atoms with E-state index in [1.54, 1.807) is 4.90 Å². The Morgan fingerprint density at radius 1 is 1.32 bits per heavy atom. The van der Waals surface area contributed by atoms with E-state index in [1.165, 1.54) is 25.3 Å². The molecule has 0 spiro atoms. The van der Waals surface area contributed by atoms with Gasteiger partial charge in [-0.15, -0.1) is 0 Å². The maximum absolute atomic E-state index is 14.0. The molecule has 1 heterocycles. The second-order valence-corrected chi connectivity index (χ2v) is 6.75. The smallest absolute Gasteiger partial charge is 0.337 e. The number of hydrogen-bond acceptors (Lipinski definition) is 6. The summed E-state index contributed by atoms with van der Waals surface area (Å²) in [6, 6.07) is 4.03. The average molecular weight is 331 g/mol. The molecule has 1 aliphatic rings. The maximum atomic E-state index is 14.0. The Bertz CT molecular complexity index is 653. The number of piperidine rings is 1. The van der Waals surface area contributed by atoms with Gasteiger partial charge in [0.25, 0.3) is 10.1 Å². The first-order valence-corrected chi connectivity index (χ1v) is 8.63. The van der Waals surface area contributed by atoms with Gasteiger partial charge in [0, 0.05) is 13.1 Å². The van der Waals surface area contributed by atoms with Crippen LogP contribution in [0.1, 0.15) is 23.2 Å². The number of methoxy groups -OCH3 is 1. The third kappa shape index (κ3) is 4.17. The molecule has 2 rings (SSSR count). The van der Waals surface area contributed by atoms with Gasteiger partial charge in [-0.3, -0.25) is 4.18 Å². The molecule has 122 valence electrons. The lowest BCUT2D eigenvalue weighted by Gasteiger charge is -2.33. The number of benzene rings is 1. The van der Waals surface area contributed by atoms with Crippen LogP contribution < -0.4 is 4.90 Å². The molecule has 0 aromatic heterocycles. The molecule has 1 aromatic carbocycles. The van der Waals surface area contributed by atoms with Gasteiger partial charge in [-0.2, -0.15) is 8.42 Å². The first-order chi connectivity index (χ1) is 10.3. The van der Waals surface area contributed by atoms with Crippen LogP contribution in [0.4, 0.5) is 10.1 Å². The Balaban J connectivity index is 2.09. The quantitative estimate of drug-likeness (QED) is 0.616. The van der Waals surface area contributed by atoms with Crippen LogP contribution >= 0.6 is 0 Å².